The third kappa shape index (κ3) is 4.02. The van der Waals surface area contributed by atoms with E-state index in [1.165, 1.54) is 43.9 Å². The van der Waals surface area contributed by atoms with Crippen molar-refractivity contribution in [2.75, 3.05) is 25.6 Å². The monoisotopic (exact) mass is 431 g/mol. The van der Waals surface area contributed by atoms with Gasteiger partial charge in [0.2, 0.25) is 0 Å². The molecule has 8 nitrogen and oxygen atoms in total. The Morgan fingerprint density at radius 2 is 1.83 bits per heavy atom. The fourth-order valence-electron chi connectivity index (χ4n) is 3.29. The number of esters is 2. The molecule has 0 aliphatic carbocycles. The fraction of sp³-hybridized carbons (Fsp3) is 0.238. The average Bonchev–Trinajstić information content (AvgIpc) is 2.97. The summed E-state index contributed by atoms with van der Waals surface area (Å²) in [5, 5.41) is 0. The third-order valence-electron chi connectivity index (χ3n) is 4.73. The maximum Gasteiger partial charge on any atom is 0.330 e. The lowest BCUT2D eigenvalue weighted by atomic mass is 10.0. The highest BCUT2D eigenvalue weighted by atomic mass is 32.2. The van der Waals surface area contributed by atoms with Gasteiger partial charge in [-0.1, -0.05) is 18.2 Å². The molecule has 158 valence electrons. The van der Waals surface area contributed by atoms with Gasteiger partial charge in [-0.3, -0.25) is 9.10 Å². The van der Waals surface area contributed by atoms with Crippen LogP contribution in [0, 0.1) is 0 Å². The molecule has 0 fully saturated rings. The molecule has 2 aromatic rings. The fourth-order valence-corrected chi connectivity index (χ4v) is 5.20. The second-order valence-corrected chi connectivity index (χ2v) is 8.24. The van der Waals surface area contributed by atoms with E-state index < -0.39 is 28.0 Å². The Labute approximate surface area is 174 Å². The zero-order chi connectivity index (χ0) is 21.9. The van der Waals surface area contributed by atoms with E-state index in [2.05, 4.69) is 4.74 Å². The Morgan fingerprint density at radius 3 is 2.50 bits per heavy atom. The number of hydrogen-bond acceptors (Lipinski definition) is 7. The number of anilines is 1. The van der Waals surface area contributed by atoms with Crippen molar-refractivity contribution in [2.24, 2.45) is 0 Å². The molecular formula is C21H21NO7S. The Balaban J connectivity index is 2.13. The molecule has 0 saturated carbocycles. The average molecular weight is 431 g/mol. The summed E-state index contributed by atoms with van der Waals surface area (Å²) >= 11 is 0. The molecule has 1 aliphatic rings. The molecule has 0 aromatic heterocycles. The van der Waals surface area contributed by atoms with Crippen molar-refractivity contribution < 1.29 is 32.2 Å². The summed E-state index contributed by atoms with van der Waals surface area (Å²) < 4.78 is 42.6. The molecule has 0 saturated heterocycles. The molecular weight excluding hydrogens is 410 g/mol. The number of sulfonamides is 1. The minimum atomic E-state index is -3.97. The number of ether oxygens (including phenoxy) is 3. The molecule has 0 amide bonds. The Morgan fingerprint density at radius 1 is 1.07 bits per heavy atom. The van der Waals surface area contributed by atoms with Gasteiger partial charge in [-0.15, -0.1) is 0 Å². The minimum Gasteiger partial charge on any atom is -0.497 e. The number of benzene rings is 2. The summed E-state index contributed by atoms with van der Waals surface area (Å²) in [4.78, 5) is 23.4. The first-order valence-electron chi connectivity index (χ1n) is 8.97. The smallest absolute Gasteiger partial charge is 0.330 e. The van der Waals surface area contributed by atoms with E-state index in [0.717, 1.165) is 0 Å². The topological polar surface area (TPSA) is 99.2 Å². The van der Waals surface area contributed by atoms with Gasteiger partial charge < -0.3 is 14.2 Å². The zero-order valence-electron chi connectivity index (χ0n) is 16.7. The van der Waals surface area contributed by atoms with Crippen LogP contribution in [0.25, 0.3) is 6.08 Å². The van der Waals surface area contributed by atoms with E-state index in [0.29, 0.717) is 22.6 Å². The quantitative estimate of drug-likeness (QED) is 0.512. The third-order valence-corrected chi connectivity index (χ3v) is 6.62. The lowest BCUT2D eigenvalue weighted by molar-refractivity contribution is -0.141. The molecule has 0 unspecified atom stereocenters. The molecule has 1 aliphatic heterocycles. The van der Waals surface area contributed by atoms with Gasteiger partial charge in [0.25, 0.3) is 10.0 Å². The first-order chi connectivity index (χ1) is 14.3. The summed E-state index contributed by atoms with van der Waals surface area (Å²) in [7, 11) is 0.0167. The summed E-state index contributed by atoms with van der Waals surface area (Å²) in [6.07, 6.45) is 2.51. The first-order valence-corrected chi connectivity index (χ1v) is 10.4. The second-order valence-electron chi connectivity index (χ2n) is 6.45. The van der Waals surface area contributed by atoms with Crippen molar-refractivity contribution in [3.8, 4) is 5.75 Å². The van der Waals surface area contributed by atoms with Crippen LogP contribution in [0.4, 0.5) is 5.69 Å². The number of nitrogens with zero attached hydrogens (tertiary/aromatic N) is 1. The van der Waals surface area contributed by atoms with E-state index in [9.17, 15) is 18.0 Å². The maximum absolute atomic E-state index is 13.4. The minimum absolute atomic E-state index is 0.0613. The highest BCUT2D eigenvalue weighted by molar-refractivity contribution is 7.93. The molecule has 0 radical (unpaired) electrons. The summed E-state index contributed by atoms with van der Waals surface area (Å²) in [5.41, 5.74) is 1.34. The molecule has 2 aromatic carbocycles. The van der Waals surface area contributed by atoms with E-state index in [4.69, 9.17) is 9.47 Å². The van der Waals surface area contributed by atoms with Gasteiger partial charge in [0, 0.05) is 12.1 Å². The molecule has 0 bridgehead atoms. The van der Waals surface area contributed by atoms with Gasteiger partial charge in [0.1, 0.15) is 5.75 Å². The van der Waals surface area contributed by atoms with Gasteiger partial charge in [0.05, 0.1) is 44.4 Å². The van der Waals surface area contributed by atoms with E-state index >= 15 is 0 Å². The summed E-state index contributed by atoms with van der Waals surface area (Å²) in [6.45, 7) is 0. The molecule has 3 rings (SSSR count). The maximum atomic E-state index is 13.4. The van der Waals surface area contributed by atoms with Crippen molar-refractivity contribution in [2.45, 2.75) is 17.4 Å². The standard InChI is InChI=1S/C21H21NO7S/c1-27-16-6-4-5-15(12-16)22-18(13-21(24)29-3)17-9-7-14(8-10-20(23)28-2)11-19(17)30(22,25)26/h4-12,18H,13H2,1-3H3/b10-8+/t18-/m0/s1. The van der Waals surface area contributed by atoms with E-state index in [-0.39, 0.29) is 11.3 Å². The zero-order valence-corrected chi connectivity index (χ0v) is 17.5. The predicted octanol–water partition coefficient (Wildman–Crippen LogP) is 2.69. The van der Waals surface area contributed by atoms with Crippen LogP contribution in [0.1, 0.15) is 23.6 Å². The van der Waals surface area contributed by atoms with Gasteiger partial charge in [-0.05, 0) is 35.4 Å². The SMILES string of the molecule is COC(=O)/C=C/c1ccc2c(c1)S(=O)(=O)N(c1cccc(OC)c1)[C@H]2CC(=O)OC. The molecule has 0 spiro atoms. The number of rotatable bonds is 6. The van der Waals surface area contributed by atoms with Crippen LogP contribution in [0.15, 0.2) is 53.4 Å². The Bertz CT molecular complexity index is 1110. The highest BCUT2D eigenvalue weighted by Crippen LogP contribution is 2.45. The number of carbonyl (C=O) groups is 2. The van der Waals surface area contributed by atoms with Gasteiger partial charge in [-0.25, -0.2) is 13.2 Å². The number of carbonyl (C=O) groups excluding carboxylic acids is 2. The van der Waals surface area contributed by atoms with Crippen LogP contribution in [0.5, 0.6) is 5.75 Å². The second kappa shape index (κ2) is 8.58. The van der Waals surface area contributed by atoms with Crippen molar-refractivity contribution in [1.29, 1.82) is 0 Å². The van der Waals surface area contributed by atoms with Crippen LogP contribution in [0.3, 0.4) is 0 Å². The number of fused-ring (bicyclic) bond motifs is 1. The molecule has 9 heteroatoms. The van der Waals surface area contributed by atoms with Crippen LogP contribution in [-0.2, 0) is 29.1 Å². The van der Waals surface area contributed by atoms with Gasteiger partial charge in [0.15, 0.2) is 0 Å². The predicted molar refractivity (Wildman–Crippen MR) is 110 cm³/mol. The van der Waals surface area contributed by atoms with Gasteiger partial charge in [-0.2, -0.15) is 0 Å². The van der Waals surface area contributed by atoms with Crippen molar-refractivity contribution in [3.05, 3.63) is 59.7 Å². The lowest BCUT2D eigenvalue weighted by Crippen LogP contribution is -2.29. The highest BCUT2D eigenvalue weighted by Gasteiger charge is 2.44. The Kier molecular flexibility index (Phi) is 6.12. The van der Waals surface area contributed by atoms with Crippen LogP contribution in [0.2, 0.25) is 0 Å². The molecule has 30 heavy (non-hydrogen) atoms. The first kappa shape index (κ1) is 21.4. The Hall–Kier alpha value is -3.33. The van der Waals surface area contributed by atoms with E-state index in [1.807, 2.05) is 0 Å². The molecule has 0 N–H and O–H groups in total. The molecule has 1 atom stereocenters. The van der Waals surface area contributed by atoms with Crippen LogP contribution in [-0.4, -0.2) is 41.7 Å². The van der Waals surface area contributed by atoms with Crippen molar-refractivity contribution in [1.82, 2.24) is 0 Å². The number of methoxy groups -OCH3 is 3. The molecule has 1 heterocycles. The van der Waals surface area contributed by atoms with E-state index in [1.54, 1.807) is 36.4 Å². The normalized spacial score (nSPS) is 16.9. The summed E-state index contributed by atoms with van der Waals surface area (Å²) in [5.74, 6) is -0.609. The van der Waals surface area contributed by atoms with Crippen molar-refractivity contribution in [3.63, 3.8) is 0 Å². The number of hydrogen-bond donors (Lipinski definition) is 0. The van der Waals surface area contributed by atoms with Crippen LogP contribution >= 0.6 is 0 Å². The lowest BCUT2D eigenvalue weighted by Gasteiger charge is -2.25. The van der Waals surface area contributed by atoms with Crippen molar-refractivity contribution >= 4 is 33.7 Å². The summed E-state index contributed by atoms with van der Waals surface area (Å²) in [6, 6.07) is 10.6. The van der Waals surface area contributed by atoms with Gasteiger partial charge >= 0.3 is 11.9 Å². The largest absolute Gasteiger partial charge is 0.497 e. The van der Waals surface area contributed by atoms with Crippen LogP contribution < -0.4 is 9.04 Å².